The van der Waals surface area contributed by atoms with Crippen LogP contribution in [0.25, 0.3) is 0 Å². The van der Waals surface area contributed by atoms with E-state index in [2.05, 4.69) is 37.7 Å². The maximum Gasteiger partial charge on any atom is 0.0774 e. The fraction of sp³-hybridized carbons (Fsp3) is 1.00. The fourth-order valence-electron chi connectivity index (χ4n) is 2.97. The van der Waals surface area contributed by atoms with E-state index in [1.165, 1.54) is 19.3 Å². The van der Waals surface area contributed by atoms with E-state index in [9.17, 15) is 5.11 Å². The third-order valence-electron chi connectivity index (χ3n) is 3.94. The number of hydrogen-bond donors (Lipinski definition) is 1. The molecule has 1 aliphatic rings. The highest BCUT2D eigenvalue weighted by molar-refractivity contribution is 4.87. The van der Waals surface area contributed by atoms with Crippen LogP contribution in [0.15, 0.2) is 0 Å². The largest absolute Gasteiger partial charge is 0.389 e. The molecular formula is C14H30N2O. The fourth-order valence-corrected chi connectivity index (χ4v) is 2.97. The van der Waals surface area contributed by atoms with Crippen molar-refractivity contribution < 1.29 is 5.11 Å². The van der Waals surface area contributed by atoms with Gasteiger partial charge in [0, 0.05) is 19.1 Å². The number of rotatable bonds is 6. The van der Waals surface area contributed by atoms with Gasteiger partial charge in [-0.25, -0.2) is 0 Å². The van der Waals surface area contributed by atoms with Gasteiger partial charge in [0.15, 0.2) is 0 Å². The standard InChI is InChI=1S/C14H30N2O/c1-5-16(13(2)11-15(3)4)12-14(17)9-7-6-8-10-14/h13,17H,5-12H2,1-4H3. The van der Waals surface area contributed by atoms with E-state index >= 15 is 0 Å². The van der Waals surface area contributed by atoms with Gasteiger partial charge < -0.3 is 10.0 Å². The first kappa shape index (κ1) is 14.9. The van der Waals surface area contributed by atoms with E-state index in [-0.39, 0.29) is 0 Å². The molecule has 1 fully saturated rings. The van der Waals surface area contributed by atoms with Crippen molar-refractivity contribution in [3.8, 4) is 0 Å². The van der Waals surface area contributed by atoms with Gasteiger partial charge in [0.05, 0.1) is 5.60 Å². The van der Waals surface area contributed by atoms with Gasteiger partial charge in [0.2, 0.25) is 0 Å². The Morgan fingerprint density at radius 2 is 1.76 bits per heavy atom. The van der Waals surface area contributed by atoms with Crippen molar-refractivity contribution in [1.82, 2.24) is 9.80 Å². The van der Waals surface area contributed by atoms with E-state index in [4.69, 9.17) is 0 Å². The van der Waals surface area contributed by atoms with Crippen molar-refractivity contribution in [3.63, 3.8) is 0 Å². The van der Waals surface area contributed by atoms with E-state index in [1.54, 1.807) is 0 Å². The zero-order chi connectivity index (χ0) is 12.9. The summed E-state index contributed by atoms with van der Waals surface area (Å²) in [6, 6.07) is 0.515. The van der Waals surface area contributed by atoms with E-state index in [1.807, 2.05) is 0 Å². The Kier molecular flexibility index (Phi) is 5.90. The second-order valence-electron chi connectivity index (χ2n) is 5.96. The molecular weight excluding hydrogens is 212 g/mol. The molecule has 0 aromatic heterocycles. The predicted octanol–water partition coefficient (Wildman–Crippen LogP) is 1.95. The quantitative estimate of drug-likeness (QED) is 0.771. The molecule has 3 nitrogen and oxygen atoms in total. The molecule has 0 aromatic rings. The van der Waals surface area contributed by atoms with Crippen LogP contribution in [-0.2, 0) is 0 Å². The summed E-state index contributed by atoms with van der Waals surface area (Å²) in [4.78, 5) is 4.64. The number of nitrogens with zero attached hydrogens (tertiary/aromatic N) is 2. The van der Waals surface area contributed by atoms with Crippen LogP contribution >= 0.6 is 0 Å². The molecule has 3 heteroatoms. The second-order valence-corrected chi connectivity index (χ2v) is 5.96. The van der Waals surface area contributed by atoms with Crippen LogP contribution in [0.3, 0.4) is 0 Å². The van der Waals surface area contributed by atoms with Crippen LogP contribution in [0.5, 0.6) is 0 Å². The third-order valence-corrected chi connectivity index (χ3v) is 3.94. The molecule has 0 radical (unpaired) electrons. The molecule has 102 valence electrons. The summed E-state index contributed by atoms with van der Waals surface area (Å²) in [5.41, 5.74) is -0.422. The maximum atomic E-state index is 10.6. The van der Waals surface area contributed by atoms with E-state index in [0.717, 1.165) is 32.5 Å². The summed E-state index contributed by atoms with van der Waals surface area (Å²) in [7, 11) is 4.22. The van der Waals surface area contributed by atoms with Gasteiger partial charge >= 0.3 is 0 Å². The summed E-state index contributed by atoms with van der Waals surface area (Å²) in [6.45, 7) is 7.38. The Bertz CT molecular complexity index is 212. The van der Waals surface area contributed by atoms with Gasteiger partial charge in [0.1, 0.15) is 0 Å². The molecule has 1 atom stereocenters. The summed E-state index contributed by atoms with van der Waals surface area (Å²) >= 11 is 0. The van der Waals surface area contributed by atoms with Crippen molar-refractivity contribution in [3.05, 3.63) is 0 Å². The highest BCUT2D eigenvalue weighted by Crippen LogP contribution is 2.29. The number of hydrogen-bond acceptors (Lipinski definition) is 3. The minimum Gasteiger partial charge on any atom is -0.389 e. The van der Waals surface area contributed by atoms with E-state index < -0.39 is 5.60 Å². The lowest BCUT2D eigenvalue weighted by molar-refractivity contribution is -0.0349. The molecule has 1 N–H and O–H groups in total. The SMILES string of the molecule is CCN(CC1(O)CCCCC1)C(C)CN(C)C. The van der Waals surface area contributed by atoms with Crippen LogP contribution in [0, 0.1) is 0 Å². The number of aliphatic hydroxyl groups is 1. The van der Waals surface area contributed by atoms with Crippen molar-refractivity contribution in [2.24, 2.45) is 0 Å². The average Bonchev–Trinajstić information content (AvgIpc) is 2.26. The van der Waals surface area contributed by atoms with Crippen LogP contribution < -0.4 is 0 Å². The Morgan fingerprint density at radius 1 is 1.18 bits per heavy atom. The number of likely N-dealkylation sites (N-methyl/N-ethyl adjacent to an activating group) is 2. The van der Waals surface area contributed by atoms with Crippen LogP contribution in [0.4, 0.5) is 0 Å². The van der Waals surface area contributed by atoms with Gasteiger partial charge in [-0.05, 0) is 40.4 Å². The van der Waals surface area contributed by atoms with E-state index in [0.29, 0.717) is 6.04 Å². The minimum atomic E-state index is -0.422. The zero-order valence-corrected chi connectivity index (χ0v) is 12.1. The van der Waals surface area contributed by atoms with Crippen LogP contribution in [-0.4, -0.2) is 60.3 Å². The first-order valence-electron chi connectivity index (χ1n) is 7.08. The predicted molar refractivity (Wildman–Crippen MR) is 73.3 cm³/mol. The third kappa shape index (κ3) is 4.94. The summed E-state index contributed by atoms with van der Waals surface area (Å²) in [6.07, 6.45) is 5.64. The lowest BCUT2D eigenvalue weighted by Crippen LogP contribution is -2.49. The van der Waals surface area contributed by atoms with Gasteiger partial charge in [-0.15, -0.1) is 0 Å². The van der Waals surface area contributed by atoms with Gasteiger partial charge in [-0.3, -0.25) is 4.90 Å². The summed E-state index contributed by atoms with van der Waals surface area (Å²) < 4.78 is 0. The molecule has 1 unspecified atom stereocenters. The van der Waals surface area contributed by atoms with Crippen molar-refractivity contribution >= 4 is 0 Å². The van der Waals surface area contributed by atoms with Gasteiger partial charge in [0.25, 0.3) is 0 Å². The molecule has 0 aromatic carbocycles. The molecule has 0 saturated heterocycles. The zero-order valence-electron chi connectivity index (χ0n) is 12.1. The first-order valence-corrected chi connectivity index (χ1v) is 7.08. The molecule has 1 rings (SSSR count). The molecule has 1 aliphatic carbocycles. The highest BCUT2D eigenvalue weighted by atomic mass is 16.3. The molecule has 0 amide bonds. The summed E-state index contributed by atoms with van der Waals surface area (Å²) in [5.74, 6) is 0. The van der Waals surface area contributed by atoms with Gasteiger partial charge in [-0.1, -0.05) is 26.2 Å². The Labute approximate surface area is 107 Å². The molecule has 0 bridgehead atoms. The van der Waals surface area contributed by atoms with Crippen LogP contribution in [0.1, 0.15) is 46.0 Å². The lowest BCUT2D eigenvalue weighted by Gasteiger charge is -2.39. The highest BCUT2D eigenvalue weighted by Gasteiger charge is 2.32. The molecule has 17 heavy (non-hydrogen) atoms. The van der Waals surface area contributed by atoms with Crippen molar-refractivity contribution in [1.29, 1.82) is 0 Å². The average molecular weight is 242 g/mol. The second kappa shape index (κ2) is 6.72. The smallest absolute Gasteiger partial charge is 0.0774 e. The lowest BCUT2D eigenvalue weighted by atomic mass is 9.84. The molecule has 0 aliphatic heterocycles. The summed E-state index contributed by atoms with van der Waals surface area (Å²) in [5, 5.41) is 10.6. The van der Waals surface area contributed by atoms with Gasteiger partial charge in [-0.2, -0.15) is 0 Å². The minimum absolute atomic E-state index is 0.422. The molecule has 1 saturated carbocycles. The molecule has 0 heterocycles. The topological polar surface area (TPSA) is 26.7 Å². The van der Waals surface area contributed by atoms with Crippen LogP contribution in [0.2, 0.25) is 0 Å². The first-order chi connectivity index (χ1) is 7.97. The van der Waals surface area contributed by atoms with Crippen molar-refractivity contribution in [2.45, 2.75) is 57.6 Å². The molecule has 0 spiro atoms. The normalized spacial score (nSPS) is 22.1. The Morgan fingerprint density at radius 3 is 2.24 bits per heavy atom. The maximum absolute atomic E-state index is 10.6. The Balaban J connectivity index is 2.49. The Hall–Kier alpha value is -0.120. The monoisotopic (exact) mass is 242 g/mol. The van der Waals surface area contributed by atoms with Crippen molar-refractivity contribution in [2.75, 3.05) is 33.7 Å².